The molecule has 4 saturated carbocycles. The summed E-state index contributed by atoms with van der Waals surface area (Å²) in [5, 5.41) is 154. The van der Waals surface area contributed by atoms with Gasteiger partial charge in [0.15, 0.2) is 31.3 Å². The number of esters is 1. The summed E-state index contributed by atoms with van der Waals surface area (Å²) < 4.78 is 55.0. The van der Waals surface area contributed by atoms with Crippen LogP contribution in [0.4, 0.5) is 0 Å². The van der Waals surface area contributed by atoms with Crippen LogP contribution in [0, 0.1) is 50.2 Å². The number of aliphatic hydroxyl groups excluding tert-OH is 13. The summed E-state index contributed by atoms with van der Waals surface area (Å²) in [5.41, 5.74) is -1.89. The van der Waals surface area contributed by atoms with E-state index in [-0.39, 0.29) is 40.6 Å². The molecule has 0 amide bonds. The lowest BCUT2D eigenvalue weighted by Gasteiger charge is -2.72. The van der Waals surface area contributed by atoms with Gasteiger partial charge < -0.3 is 114 Å². The fraction of sp³-hybridized carbons (Fsp3) is 0.897. The molecule has 474 valence electrons. The van der Waals surface area contributed by atoms with Crippen molar-refractivity contribution in [3.8, 4) is 0 Å². The Morgan fingerprint density at radius 1 is 0.639 bits per heavy atom. The Morgan fingerprint density at radius 2 is 1.23 bits per heavy atom. The Morgan fingerprint density at radius 3 is 1.80 bits per heavy atom. The number of fused-ring (bicyclic) bond motifs is 7. The fourth-order valence-electron chi connectivity index (χ4n) is 17.1. The van der Waals surface area contributed by atoms with Gasteiger partial charge in [-0.3, -0.25) is 0 Å². The maximum atomic E-state index is 13.4. The summed E-state index contributed by atoms with van der Waals surface area (Å²) in [6.45, 7) is 15.9. The maximum Gasteiger partial charge on any atom is 0.335 e. The maximum absolute atomic E-state index is 13.4. The second-order valence-corrected chi connectivity index (χ2v) is 27.5. The van der Waals surface area contributed by atoms with Crippen LogP contribution in [-0.2, 0) is 52.2 Å². The minimum absolute atomic E-state index is 0.0548. The molecule has 83 heavy (non-hydrogen) atoms. The number of carbonyl (C=O) groups excluding carboxylic acids is 1. The van der Waals surface area contributed by atoms with Gasteiger partial charge in [0.1, 0.15) is 91.6 Å². The number of carboxylic acid groups (broad SMARTS) is 1. The standard InChI is InChI=1S/C58H92O25/c1-10-24(2)48(74)78-34-19-53(3,4)17-26-25-11-12-31-55(7)15-14-33(54(5,6)30(55)13-16-56(31,8)57(25,9)18-32(63)58(26,34)23-61)79-52-46(83-50-41(70)39(68)37(66)29(21-60)77-50)43(42(71)44(81-52)47(72)73)80-51-45(35(64)27(62)22-75-51)82-49-40(69)38(67)36(65)28(20-59)76-49/h10-11,26-46,49-52,59-71H,12-23H2,1-9H3,(H,72,73)/b24-10-/t26-,27-,28+,29+,30-,31+,32+,33-,34-,35-,36+,37-,38-,39-,40+,41+,42-,43-,44-,45+,46+,49-,50-,51-,52+,55-,56+,57+,58-/m0/s1. The first-order valence-corrected chi connectivity index (χ1v) is 29.4. The molecule has 25 heteroatoms. The molecule has 4 saturated heterocycles. The largest absolute Gasteiger partial charge is 0.479 e. The summed E-state index contributed by atoms with van der Waals surface area (Å²) in [6, 6.07) is 0. The smallest absolute Gasteiger partial charge is 0.335 e. The van der Waals surface area contributed by atoms with Gasteiger partial charge in [-0.1, -0.05) is 66.2 Å². The van der Waals surface area contributed by atoms with Gasteiger partial charge in [-0.2, -0.15) is 0 Å². The molecule has 4 heterocycles. The number of allylic oxidation sites excluding steroid dienone is 3. The quantitative estimate of drug-likeness (QED) is 0.0413. The van der Waals surface area contributed by atoms with Crippen LogP contribution in [-0.4, -0.2) is 245 Å². The third-order valence-corrected chi connectivity index (χ3v) is 22.1. The Hall–Kier alpha value is -2.42. The van der Waals surface area contributed by atoms with E-state index in [2.05, 4.69) is 40.7 Å². The average molecular weight is 1190 g/mol. The molecule has 0 spiro atoms. The Bertz CT molecular complexity index is 2380. The Balaban J connectivity index is 1.03. The zero-order chi connectivity index (χ0) is 61.0. The van der Waals surface area contributed by atoms with Gasteiger partial charge >= 0.3 is 11.9 Å². The molecule has 4 aliphatic heterocycles. The van der Waals surface area contributed by atoms with Crippen LogP contribution in [0.2, 0.25) is 0 Å². The molecule has 0 unspecified atom stereocenters. The van der Waals surface area contributed by atoms with Gasteiger partial charge in [0.05, 0.1) is 44.1 Å². The molecule has 0 aromatic heterocycles. The SMILES string of the molecule is C/C=C(/C)C(=O)O[C@H]1CC(C)(C)C[C@H]2C3=CC[C@@H]4[C@@]5(C)CC[C@H](O[C@@H]6O[C@H](C(=O)O)[C@@H](O)[C@H](O[C@@H]7OC[C@H](O)[C@H](O)[C@H]7O[C@@H]7O[C@H](CO)[C@@H](O)[C@H](O)[C@H]7O)[C@H]6O[C@@H]6O[C@H](CO)[C@H](O)[C@H](O)[C@H]6O)C(C)(C)[C@@H]5CC[C@@]4(C)[C@]3(C)C[C@@H](O)[C@@]12CO. The molecule has 5 aliphatic carbocycles. The Labute approximate surface area is 483 Å². The molecule has 8 fully saturated rings. The van der Waals surface area contributed by atoms with Crippen molar-refractivity contribution >= 4 is 11.9 Å². The van der Waals surface area contributed by atoms with Gasteiger partial charge in [-0.05, 0) is 110 Å². The molecular formula is C58H92O25. The summed E-state index contributed by atoms with van der Waals surface area (Å²) in [5.74, 6) is -2.49. The molecule has 0 aromatic carbocycles. The lowest BCUT2D eigenvalue weighted by Crippen LogP contribution is -2.70. The summed E-state index contributed by atoms with van der Waals surface area (Å²) in [6.07, 6.45) is -30.1. The van der Waals surface area contributed by atoms with Crippen molar-refractivity contribution in [3.63, 3.8) is 0 Å². The van der Waals surface area contributed by atoms with Crippen molar-refractivity contribution in [1.29, 1.82) is 0 Å². The van der Waals surface area contributed by atoms with Gasteiger partial charge in [0, 0.05) is 5.57 Å². The molecule has 14 N–H and O–H groups in total. The minimum atomic E-state index is -2.23. The van der Waals surface area contributed by atoms with Crippen LogP contribution in [0.15, 0.2) is 23.3 Å². The number of rotatable bonds is 14. The highest BCUT2D eigenvalue weighted by atomic mass is 16.8. The summed E-state index contributed by atoms with van der Waals surface area (Å²) in [4.78, 5) is 26.6. The summed E-state index contributed by atoms with van der Waals surface area (Å²) >= 11 is 0. The minimum Gasteiger partial charge on any atom is -0.479 e. The van der Waals surface area contributed by atoms with E-state index in [1.807, 2.05) is 13.8 Å². The number of carboxylic acids is 1. The van der Waals surface area contributed by atoms with Crippen molar-refractivity contribution < 1.29 is 124 Å². The lowest BCUT2D eigenvalue weighted by atomic mass is 9.33. The van der Waals surface area contributed by atoms with Crippen molar-refractivity contribution in [1.82, 2.24) is 0 Å². The van der Waals surface area contributed by atoms with Crippen LogP contribution in [0.5, 0.6) is 0 Å². The highest BCUT2D eigenvalue weighted by molar-refractivity contribution is 5.87. The predicted molar refractivity (Wildman–Crippen MR) is 283 cm³/mol. The number of carbonyl (C=O) groups is 2. The molecule has 9 rings (SSSR count). The predicted octanol–water partition coefficient (Wildman–Crippen LogP) is -1.37. The zero-order valence-corrected chi connectivity index (χ0v) is 48.8. The van der Waals surface area contributed by atoms with Crippen LogP contribution >= 0.6 is 0 Å². The number of hydrogen-bond donors (Lipinski definition) is 14. The van der Waals surface area contributed by atoms with E-state index in [0.717, 1.165) is 6.42 Å². The number of aliphatic hydroxyl groups is 13. The van der Waals surface area contributed by atoms with Crippen molar-refractivity contribution in [2.75, 3.05) is 26.4 Å². The van der Waals surface area contributed by atoms with Gasteiger partial charge in [0.2, 0.25) is 0 Å². The molecule has 0 bridgehead atoms. The zero-order valence-electron chi connectivity index (χ0n) is 48.8. The first kappa shape index (κ1) is 65.0. The molecule has 9 aliphatic rings. The third kappa shape index (κ3) is 10.8. The van der Waals surface area contributed by atoms with Crippen LogP contribution in [0.3, 0.4) is 0 Å². The van der Waals surface area contributed by atoms with E-state index in [1.165, 1.54) is 5.57 Å². The van der Waals surface area contributed by atoms with E-state index in [4.69, 9.17) is 42.6 Å². The number of aliphatic carboxylic acids is 1. The fourth-order valence-corrected chi connectivity index (χ4v) is 17.1. The van der Waals surface area contributed by atoms with Crippen molar-refractivity contribution in [2.24, 2.45) is 50.2 Å². The highest BCUT2D eigenvalue weighted by Crippen LogP contribution is 2.76. The average Bonchev–Trinajstić information content (AvgIpc) is 0.747. The topological polar surface area (TPSA) is 400 Å². The van der Waals surface area contributed by atoms with Crippen molar-refractivity contribution in [3.05, 3.63) is 23.3 Å². The normalized spacial score (nSPS) is 51.5. The first-order chi connectivity index (χ1) is 38.8. The van der Waals surface area contributed by atoms with Crippen LogP contribution < -0.4 is 0 Å². The highest BCUT2D eigenvalue weighted by Gasteiger charge is 2.72. The Kier molecular flexibility index (Phi) is 18.7. The monoisotopic (exact) mass is 1190 g/mol. The van der Waals surface area contributed by atoms with Crippen LogP contribution in [0.25, 0.3) is 0 Å². The van der Waals surface area contributed by atoms with Gasteiger partial charge in [-0.15, -0.1) is 0 Å². The van der Waals surface area contributed by atoms with E-state index in [0.29, 0.717) is 50.5 Å². The second-order valence-electron chi connectivity index (χ2n) is 27.5. The van der Waals surface area contributed by atoms with Gasteiger partial charge in [-0.25, -0.2) is 9.59 Å². The van der Waals surface area contributed by atoms with E-state index >= 15 is 0 Å². The first-order valence-electron chi connectivity index (χ1n) is 29.4. The summed E-state index contributed by atoms with van der Waals surface area (Å²) in [7, 11) is 0. The molecule has 25 nitrogen and oxygen atoms in total. The number of hydrogen-bond acceptors (Lipinski definition) is 24. The third-order valence-electron chi connectivity index (χ3n) is 22.1. The molecule has 0 aromatic rings. The second kappa shape index (κ2) is 23.8. The number of ether oxygens (including phenoxy) is 9. The van der Waals surface area contributed by atoms with Gasteiger partial charge in [0.25, 0.3) is 0 Å². The van der Waals surface area contributed by atoms with E-state index in [9.17, 15) is 81.1 Å². The van der Waals surface area contributed by atoms with E-state index in [1.54, 1.807) is 19.9 Å². The van der Waals surface area contributed by atoms with Crippen LogP contribution in [0.1, 0.15) is 114 Å². The molecule has 0 radical (unpaired) electrons. The van der Waals surface area contributed by atoms with Crippen molar-refractivity contribution in [2.45, 2.75) is 249 Å². The lowest BCUT2D eigenvalue weighted by molar-refractivity contribution is -0.401. The van der Waals surface area contributed by atoms with E-state index < -0.39 is 183 Å². The molecule has 29 atom stereocenters. The molecular weight excluding hydrogens is 1100 g/mol.